The summed E-state index contributed by atoms with van der Waals surface area (Å²) in [5.74, 6) is -0.0368. The quantitative estimate of drug-likeness (QED) is 0.170. The highest BCUT2D eigenvalue weighted by atomic mass is 35.5. The highest BCUT2D eigenvalue weighted by Gasteiger charge is 2.29. The van der Waals surface area contributed by atoms with Crippen LogP contribution in [0.3, 0.4) is 0 Å². The lowest BCUT2D eigenvalue weighted by molar-refractivity contribution is -0.113. The Morgan fingerprint density at radius 2 is 1.88 bits per heavy atom. The molecule has 1 aliphatic carbocycles. The summed E-state index contributed by atoms with van der Waals surface area (Å²) in [6.07, 6.45) is 3.41. The maximum Gasteiger partial charge on any atom is 0.251 e. The number of carbonyl (C=O) groups is 1. The number of fused-ring (bicyclic) bond motifs is 1. The van der Waals surface area contributed by atoms with Crippen LogP contribution >= 0.6 is 11.6 Å². The molecule has 40 heavy (non-hydrogen) atoms. The number of hydrogen-bond donors (Lipinski definition) is 2. The van der Waals surface area contributed by atoms with Crippen LogP contribution in [-0.4, -0.2) is 25.4 Å². The summed E-state index contributed by atoms with van der Waals surface area (Å²) in [6, 6.07) is 16.9. The molecule has 0 unspecified atom stereocenters. The van der Waals surface area contributed by atoms with E-state index in [0.29, 0.717) is 33.4 Å². The summed E-state index contributed by atoms with van der Waals surface area (Å²) >= 11 is 5.93. The van der Waals surface area contributed by atoms with E-state index in [1.165, 1.54) is 18.5 Å². The number of halogens is 2. The van der Waals surface area contributed by atoms with Crippen LogP contribution in [0, 0.1) is 11.7 Å². The molecular weight excluding hydrogens is 531 g/mol. The van der Waals surface area contributed by atoms with Crippen molar-refractivity contribution in [1.82, 2.24) is 19.5 Å². The average molecular weight is 555 g/mol. The smallest absolute Gasteiger partial charge is 0.251 e. The number of nitrogens with one attached hydrogen (secondary N) is 1. The van der Waals surface area contributed by atoms with Crippen molar-refractivity contribution in [2.45, 2.75) is 12.8 Å². The second kappa shape index (κ2) is 10.1. The number of amides is 1. The minimum Gasteiger partial charge on any atom is -0.436 e. The normalized spacial score (nSPS) is 12.9. The lowest BCUT2D eigenvalue weighted by Crippen LogP contribution is -2.14. The molecule has 3 heterocycles. The van der Waals surface area contributed by atoms with Crippen LogP contribution in [0.5, 0.6) is 11.6 Å². The van der Waals surface area contributed by atoms with Gasteiger partial charge in [-0.3, -0.25) is 4.79 Å². The lowest BCUT2D eigenvalue weighted by atomic mass is 9.98. The minimum absolute atomic E-state index is 0.00240. The molecular formula is C30H24ClFN6O2. The highest BCUT2D eigenvalue weighted by Crippen LogP contribution is 2.43. The Bertz CT molecular complexity index is 1800. The van der Waals surface area contributed by atoms with Crippen LogP contribution in [0.2, 0.25) is 5.15 Å². The molecule has 0 saturated heterocycles. The topological polar surface area (TPSA) is 108 Å². The van der Waals surface area contributed by atoms with Crippen molar-refractivity contribution in [3.8, 4) is 34.0 Å². The van der Waals surface area contributed by atoms with Crippen LogP contribution in [0.25, 0.3) is 33.4 Å². The number of aromatic nitrogens is 4. The zero-order chi connectivity index (χ0) is 28.0. The second-order valence-corrected chi connectivity index (χ2v) is 10.0. The molecule has 0 radical (unpaired) electrons. The maximum absolute atomic E-state index is 15.4. The van der Waals surface area contributed by atoms with Gasteiger partial charge in [0.15, 0.2) is 11.6 Å². The second-order valence-electron chi connectivity index (χ2n) is 9.62. The third kappa shape index (κ3) is 4.76. The molecule has 2 aromatic carbocycles. The Morgan fingerprint density at radius 1 is 1.12 bits per heavy atom. The summed E-state index contributed by atoms with van der Waals surface area (Å²) in [6.45, 7) is 3.92. The van der Waals surface area contributed by atoms with Crippen molar-refractivity contribution in [2.75, 3.05) is 11.1 Å². The molecule has 0 bridgehead atoms. The van der Waals surface area contributed by atoms with Gasteiger partial charge < -0.3 is 20.4 Å². The molecule has 3 N–H and O–H groups in total. The molecule has 5 aromatic rings. The van der Waals surface area contributed by atoms with Gasteiger partial charge in [-0.1, -0.05) is 42.4 Å². The number of pyridine rings is 1. The van der Waals surface area contributed by atoms with Crippen LogP contribution in [0.4, 0.5) is 15.9 Å². The van der Waals surface area contributed by atoms with Crippen molar-refractivity contribution >= 4 is 40.0 Å². The van der Waals surface area contributed by atoms with E-state index in [-0.39, 0.29) is 34.4 Å². The zero-order valence-corrected chi connectivity index (χ0v) is 22.2. The van der Waals surface area contributed by atoms with Crippen molar-refractivity contribution in [2.24, 2.45) is 13.0 Å². The van der Waals surface area contributed by atoms with Crippen LogP contribution in [-0.2, 0) is 11.8 Å². The van der Waals surface area contributed by atoms with Gasteiger partial charge in [-0.2, -0.15) is 0 Å². The van der Waals surface area contributed by atoms with E-state index in [1.807, 2.05) is 35.9 Å². The van der Waals surface area contributed by atoms with Crippen molar-refractivity contribution in [3.05, 3.63) is 90.1 Å². The van der Waals surface area contributed by atoms with E-state index in [1.54, 1.807) is 24.3 Å². The van der Waals surface area contributed by atoms with Crippen molar-refractivity contribution in [1.29, 1.82) is 0 Å². The van der Waals surface area contributed by atoms with Gasteiger partial charge in [0.05, 0.1) is 11.1 Å². The van der Waals surface area contributed by atoms with Gasteiger partial charge in [-0.25, -0.2) is 19.3 Å². The number of nitrogen functional groups attached to an aromatic ring is 1. The number of benzene rings is 2. The van der Waals surface area contributed by atoms with Crippen molar-refractivity contribution in [3.63, 3.8) is 0 Å². The Morgan fingerprint density at radius 3 is 2.58 bits per heavy atom. The van der Waals surface area contributed by atoms with Gasteiger partial charge in [-0.05, 0) is 60.2 Å². The molecule has 10 heteroatoms. The first kappa shape index (κ1) is 25.5. The lowest BCUT2D eigenvalue weighted by Gasteiger charge is -2.12. The largest absolute Gasteiger partial charge is 0.436 e. The van der Waals surface area contributed by atoms with Gasteiger partial charge in [0, 0.05) is 29.9 Å². The highest BCUT2D eigenvalue weighted by molar-refractivity contribution is 6.29. The Labute approximate surface area is 234 Å². The van der Waals surface area contributed by atoms with Gasteiger partial charge >= 0.3 is 0 Å². The molecule has 8 nitrogen and oxygen atoms in total. The van der Waals surface area contributed by atoms with Crippen LogP contribution < -0.4 is 15.8 Å². The first-order valence-corrected chi connectivity index (χ1v) is 13.0. The molecule has 1 amide bonds. The number of aryl methyl sites for hydroxylation is 1. The number of anilines is 2. The summed E-state index contributed by atoms with van der Waals surface area (Å²) < 4.78 is 22.9. The van der Waals surface area contributed by atoms with Gasteiger partial charge in [0.2, 0.25) is 5.88 Å². The predicted molar refractivity (Wildman–Crippen MR) is 154 cm³/mol. The van der Waals surface area contributed by atoms with Crippen LogP contribution in [0.15, 0.2) is 79.1 Å². The standard InChI is InChI=1S/C30H24ClFN6O2/c1-16(17-6-7-17)30(39)36-20-11-8-18(9-12-20)27-25(26-28(33)34-15-35-29(26)38(27)2)19-10-13-22(21(32)14-19)40-24-5-3-4-23(31)37-24/h3-5,8-15,17H,1,6-7H2,2H3,(H,36,39)(H2,33,34,35). The Hall–Kier alpha value is -4.76. The Kier molecular flexibility index (Phi) is 6.43. The number of nitrogens with two attached hydrogens (primary N) is 1. The van der Waals surface area contributed by atoms with E-state index in [9.17, 15) is 4.79 Å². The molecule has 3 aromatic heterocycles. The molecule has 1 fully saturated rings. The van der Waals surface area contributed by atoms with Gasteiger partial charge in [0.1, 0.15) is 22.9 Å². The number of ether oxygens (including phenoxy) is 1. The fourth-order valence-corrected chi connectivity index (χ4v) is 4.89. The van der Waals surface area contributed by atoms with Crippen LogP contribution in [0.1, 0.15) is 12.8 Å². The number of carbonyl (C=O) groups excluding carboxylic acids is 1. The van der Waals surface area contributed by atoms with E-state index < -0.39 is 5.82 Å². The third-order valence-electron chi connectivity index (χ3n) is 6.90. The van der Waals surface area contributed by atoms with Gasteiger partial charge in [-0.15, -0.1) is 0 Å². The molecule has 200 valence electrons. The van der Waals surface area contributed by atoms with Crippen molar-refractivity contribution < 1.29 is 13.9 Å². The maximum atomic E-state index is 15.4. The third-order valence-corrected chi connectivity index (χ3v) is 7.11. The predicted octanol–water partition coefficient (Wildman–Crippen LogP) is 6.77. The zero-order valence-electron chi connectivity index (χ0n) is 21.5. The first-order valence-electron chi connectivity index (χ1n) is 12.6. The molecule has 6 rings (SSSR count). The Balaban J connectivity index is 1.40. The van der Waals surface area contributed by atoms with E-state index in [0.717, 1.165) is 24.1 Å². The van der Waals surface area contributed by atoms with E-state index in [4.69, 9.17) is 22.1 Å². The fraction of sp³-hybridized carbons (Fsp3) is 0.133. The summed E-state index contributed by atoms with van der Waals surface area (Å²) in [4.78, 5) is 25.2. The van der Waals surface area contributed by atoms with E-state index >= 15 is 4.39 Å². The molecule has 0 spiro atoms. The van der Waals surface area contributed by atoms with Gasteiger partial charge in [0.25, 0.3) is 5.91 Å². The molecule has 1 saturated carbocycles. The summed E-state index contributed by atoms with van der Waals surface area (Å²) in [5, 5.41) is 3.75. The summed E-state index contributed by atoms with van der Waals surface area (Å²) in [7, 11) is 1.86. The number of hydrogen-bond acceptors (Lipinski definition) is 6. The summed E-state index contributed by atoms with van der Waals surface area (Å²) in [5.41, 5.74) is 11.0. The molecule has 1 aliphatic rings. The fourth-order valence-electron chi connectivity index (χ4n) is 4.73. The number of nitrogens with zero attached hydrogens (tertiary/aromatic N) is 4. The minimum atomic E-state index is -0.591. The SMILES string of the molecule is C=C(C(=O)Nc1ccc(-c2c(-c3ccc(Oc4cccc(Cl)n4)c(F)c3)c3c(N)ncnc3n2C)cc1)C1CC1. The monoisotopic (exact) mass is 554 g/mol. The first-order chi connectivity index (χ1) is 19.3. The average Bonchev–Trinajstić information content (AvgIpc) is 3.74. The number of rotatable bonds is 7. The van der Waals surface area contributed by atoms with E-state index in [2.05, 4.69) is 26.8 Å². The molecule has 0 aliphatic heterocycles. The molecule has 0 atom stereocenters.